The van der Waals surface area contributed by atoms with E-state index < -0.39 is 4.92 Å². The molecule has 7 nitrogen and oxygen atoms in total. The van der Waals surface area contributed by atoms with Crippen LogP contribution in [-0.2, 0) is 4.79 Å². The van der Waals surface area contributed by atoms with E-state index in [4.69, 9.17) is 0 Å². The number of benzene rings is 1. The number of aromatic nitrogens is 2. The van der Waals surface area contributed by atoms with Gasteiger partial charge in [-0.2, -0.15) is 0 Å². The van der Waals surface area contributed by atoms with Crippen molar-refractivity contribution < 1.29 is 9.72 Å². The number of nitro benzene ring substituents is 1. The average molecular weight is 332 g/mol. The lowest BCUT2D eigenvalue weighted by molar-refractivity contribution is -0.384. The van der Waals surface area contributed by atoms with Gasteiger partial charge in [0.25, 0.3) is 5.69 Å². The van der Waals surface area contributed by atoms with E-state index >= 15 is 0 Å². The molecular formula is C15H16N4O3S. The van der Waals surface area contributed by atoms with Crippen LogP contribution in [0.25, 0.3) is 0 Å². The number of nitrogens with zero attached hydrogens (tertiary/aromatic N) is 4. The topological polar surface area (TPSA) is 89.2 Å². The Morgan fingerprint density at radius 2 is 1.91 bits per heavy atom. The highest BCUT2D eigenvalue weighted by Crippen LogP contribution is 2.21. The van der Waals surface area contributed by atoms with Gasteiger partial charge in [0.15, 0.2) is 0 Å². The smallest absolute Gasteiger partial charge is 0.269 e. The maximum Gasteiger partial charge on any atom is 0.269 e. The molecule has 0 fully saturated rings. The Hall–Kier alpha value is -2.48. The zero-order valence-corrected chi connectivity index (χ0v) is 13.8. The first-order valence-electron chi connectivity index (χ1n) is 6.83. The third-order valence-electron chi connectivity index (χ3n) is 3.11. The second-order valence-electron chi connectivity index (χ2n) is 4.91. The number of nitro groups is 1. The zero-order chi connectivity index (χ0) is 17.0. The first-order valence-corrected chi connectivity index (χ1v) is 7.81. The highest BCUT2D eigenvalue weighted by atomic mass is 32.2. The fourth-order valence-corrected chi connectivity index (χ4v) is 2.85. The van der Waals surface area contributed by atoms with E-state index in [0.29, 0.717) is 11.5 Å². The van der Waals surface area contributed by atoms with Crippen molar-refractivity contribution >= 4 is 29.0 Å². The number of carbonyl (C=O) groups is 1. The van der Waals surface area contributed by atoms with Crippen LogP contribution in [0.2, 0.25) is 0 Å². The third kappa shape index (κ3) is 4.49. The van der Waals surface area contributed by atoms with Crippen LogP contribution in [0.3, 0.4) is 0 Å². The SMILES string of the molecule is Cc1cc(SCC(=O)N(C)c2ccc([N+](=O)[O-])cc2)nc(C)n1. The van der Waals surface area contributed by atoms with Crippen molar-refractivity contribution in [1.29, 1.82) is 0 Å². The monoisotopic (exact) mass is 332 g/mol. The standard InChI is InChI=1S/C15H16N4O3S/c1-10-8-14(17-11(2)16-10)23-9-15(20)18(3)12-4-6-13(7-5-12)19(21)22/h4-8H,9H2,1-3H3. The first kappa shape index (κ1) is 16.9. The molecule has 0 atom stereocenters. The quantitative estimate of drug-likeness (QED) is 0.362. The van der Waals surface area contributed by atoms with E-state index in [9.17, 15) is 14.9 Å². The van der Waals surface area contributed by atoms with Crippen LogP contribution in [0.4, 0.5) is 11.4 Å². The van der Waals surface area contributed by atoms with E-state index in [2.05, 4.69) is 9.97 Å². The van der Waals surface area contributed by atoms with E-state index in [1.807, 2.05) is 19.9 Å². The van der Waals surface area contributed by atoms with Gasteiger partial charge in [-0.3, -0.25) is 14.9 Å². The number of non-ortho nitro benzene ring substituents is 1. The van der Waals surface area contributed by atoms with Crippen molar-refractivity contribution in [3.63, 3.8) is 0 Å². The van der Waals surface area contributed by atoms with Crippen molar-refractivity contribution in [2.75, 3.05) is 17.7 Å². The molecule has 1 aromatic carbocycles. The molecule has 2 rings (SSSR count). The maximum absolute atomic E-state index is 12.2. The fourth-order valence-electron chi connectivity index (χ4n) is 1.93. The van der Waals surface area contributed by atoms with Crippen LogP contribution < -0.4 is 4.90 Å². The number of amides is 1. The van der Waals surface area contributed by atoms with Gasteiger partial charge >= 0.3 is 0 Å². The summed E-state index contributed by atoms with van der Waals surface area (Å²) < 4.78 is 0. The predicted octanol–water partition coefficient (Wildman–Crippen LogP) is 2.76. The molecular weight excluding hydrogens is 316 g/mol. The molecule has 0 N–H and O–H groups in total. The van der Waals surface area contributed by atoms with Crippen LogP contribution in [0.5, 0.6) is 0 Å². The molecule has 0 spiro atoms. The molecule has 1 aromatic heterocycles. The summed E-state index contributed by atoms with van der Waals surface area (Å²) in [5, 5.41) is 11.4. The van der Waals surface area contributed by atoms with Gasteiger partial charge in [0.2, 0.25) is 5.91 Å². The minimum atomic E-state index is -0.471. The minimum Gasteiger partial charge on any atom is -0.315 e. The molecule has 1 heterocycles. The van der Waals surface area contributed by atoms with Crippen LogP contribution in [0.15, 0.2) is 35.4 Å². The van der Waals surface area contributed by atoms with Gasteiger partial charge in [0.05, 0.1) is 10.7 Å². The Morgan fingerprint density at radius 3 is 2.48 bits per heavy atom. The van der Waals surface area contributed by atoms with Crippen LogP contribution >= 0.6 is 11.8 Å². The normalized spacial score (nSPS) is 10.4. The zero-order valence-electron chi connectivity index (χ0n) is 13.0. The van der Waals surface area contributed by atoms with Gasteiger partial charge in [0, 0.05) is 30.6 Å². The molecule has 8 heteroatoms. The Morgan fingerprint density at radius 1 is 1.26 bits per heavy atom. The summed E-state index contributed by atoms with van der Waals surface area (Å²) in [5.74, 6) is 0.782. The summed E-state index contributed by atoms with van der Waals surface area (Å²) in [7, 11) is 1.64. The van der Waals surface area contributed by atoms with E-state index in [1.165, 1.54) is 28.8 Å². The predicted molar refractivity (Wildman–Crippen MR) is 88.7 cm³/mol. The van der Waals surface area contributed by atoms with E-state index in [0.717, 1.165) is 10.7 Å². The first-order chi connectivity index (χ1) is 10.9. The van der Waals surface area contributed by atoms with Crippen molar-refractivity contribution in [2.45, 2.75) is 18.9 Å². The molecule has 0 radical (unpaired) electrons. The number of thioether (sulfide) groups is 1. The third-order valence-corrected chi connectivity index (χ3v) is 4.00. The minimum absolute atomic E-state index is 0.00379. The van der Waals surface area contributed by atoms with Crippen molar-refractivity contribution in [2.24, 2.45) is 0 Å². The Balaban J connectivity index is 2.00. The molecule has 0 aliphatic carbocycles. The number of hydrogen-bond donors (Lipinski definition) is 0. The summed E-state index contributed by atoms with van der Waals surface area (Å²) in [6, 6.07) is 7.70. The lowest BCUT2D eigenvalue weighted by Gasteiger charge is -2.16. The lowest BCUT2D eigenvalue weighted by atomic mass is 10.2. The Kier molecular flexibility index (Phi) is 5.28. The number of carbonyl (C=O) groups excluding carboxylic acids is 1. The molecule has 0 aliphatic heterocycles. The largest absolute Gasteiger partial charge is 0.315 e. The van der Waals surface area contributed by atoms with Gasteiger partial charge < -0.3 is 4.90 Å². The summed E-state index contributed by atoms with van der Waals surface area (Å²) >= 11 is 1.34. The summed E-state index contributed by atoms with van der Waals surface area (Å²) in [6.07, 6.45) is 0. The van der Waals surface area contributed by atoms with Crippen LogP contribution in [-0.4, -0.2) is 33.6 Å². The number of anilines is 1. The summed E-state index contributed by atoms with van der Waals surface area (Å²) in [4.78, 5) is 32.3. The number of aryl methyl sites for hydroxylation is 2. The van der Waals surface area contributed by atoms with Gasteiger partial charge in [-0.15, -0.1) is 0 Å². The van der Waals surface area contributed by atoms with Gasteiger partial charge in [-0.25, -0.2) is 9.97 Å². The Labute approximate surface area is 137 Å². The number of rotatable bonds is 5. The second-order valence-corrected chi connectivity index (χ2v) is 5.91. The van der Waals surface area contributed by atoms with Crippen LogP contribution in [0, 0.1) is 24.0 Å². The fraction of sp³-hybridized carbons (Fsp3) is 0.267. The average Bonchev–Trinajstić information content (AvgIpc) is 2.51. The molecule has 0 unspecified atom stereocenters. The van der Waals surface area contributed by atoms with Gasteiger partial charge in [0.1, 0.15) is 10.9 Å². The molecule has 0 bridgehead atoms. The highest BCUT2D eigenvalue weighted by molar-refractivity contribution is 7.99. The summed E-state index contributed by atoms with van der Waals surface area (Å²) in [6.45, 7) is 3.69. The molecule has 0 aliphatic rings. The second kappa shape index (κ2) is 7.19. The van der Waals surface area contributed by atoms with Crippen LogP contribution in [0.1, 0.15) is 11.5 Å². The molecule has 120 valence electrons. The van der Waals surface area contributed by atoms with E-state index in [-0.39, 0.29) is 17.3 Å². The van der Waals surface area contributed by atoms with Gasteiger partial charge in [-0.05, 0) is 32.0 Å². The molecule has 0 saturated heterocycles. The lowest BCUT2D eigenvalue weighted by Crippen LogP contribution is -2.27. The molecule has 0 saturated carbocycles. The molecule has 1 amide bonds. The van der Waals surface area contributed by atoms with E-state index in [1.54, 1.807) is 19.2 Å². The van der Waals surface area contributed by atoms with Crippen molar-refractivity contribution in [3.8, 4) is 0 Å². The van der Waals surface area contributed by atoms with Crippen molar-refractivity contribution in [3.05, 3.63) is 52.0 Å². The Bertz CT molecular complexity index is 714. The van der Waals surface area contributed by atoms with Gasteiger partial charge in [-0.1, -0.05) is 11.8 Å². The van der Waals surface area contributed by atoms with Crippen molar-refractivity contribution in [1.82, 2.24) is 9.97 Å². The molecule has 23 heavy (non-hydrogen) atoms. The molecule has 2 aromatic rings. The highest BCUT2D eigenvalue weighted by Gasteiger charge is 2.13. The number of hydrogen-bond acceptors (Lipinski definition) is 6. The maximum atomic E-state index is 12.2. The summed E-state index contributed by atoms with van der Waals surface area (Å²) in [5.41, 5.74) is 1.46.